The summed E-state index contributed by atoms with van der Waals surface area (Å²) in [6.45, 7) is 5.65. The molecule has 1 aromatic heterocycles. The van der Waals surface area contributed by atoms with Crippen LogP contribution >= 0.6 is 0 Å². The number of furan rings is 1. The highest BCUT2D eigenvalue weighted by atomic mass is 16.3. The Bertz CT molecular complexity index is 294. The zero-order valence-electron chi connectivity index (χ0n) is 10.4. The summed E-state index contributed by atoms with van der Waals surface area (Å²) >= 11 is 0. The summed E-state index contributed by atoms with van der Waals surface area (Å²) < 4.78 is 5.47. The molecule has 3 atom stereocenters. The van der Waals surface area contributed by atoms with Crippen LogP contribution in [0.4, 0.5) is 0 Å². The monoisotopic (exact) mass is 221 g/mol. The highest BCUT2D eigenvalue weighted by Gasteiger charge is 2.28. The Morgan fingerprint density at radius 2 is 2.31 bits per heavy atom. The van der Waals surface area contributed by atoms with Gasteiger partial charge in [0.15, 0.2) is 0 Å². The Balaban J connectivity index is 1.96. The molecule has 2 heteroatoms. The molecular weight excluding hydrogens is 198 g/mol. The topological polar surface area (TPSA) is 25.2 Å². The van der Waals surface area contributed by atoms with Crippen LogP contribution in [0.3, 0.4) is 0 Å². The predicted octanol–water partition coefficient (Wildman–Crippen LogP) is 3.24. The zero-order valence-corrected chi connectivity index (χ0v) is 10.4. The minimum atomic E-state index is 0.686. The second-order valence-corrected chi connectivity index (χ2v) is 5.13. The third kappa shape index (κ3) is 2.88. The molecule has 1 aromatic rings. The van der Waals surface area contributed by atoms with Crippen molar-refractivity contribution in [3.05, 3.63) is 24.2 Å². The normalized spacial score (nSPS) is 30.5. The highest BCUT2D eigenvalue weighted by molar-refractivity contribution is 5.01. The molecule has 1 aliphatic carbocycles. The van der Waals surface area contributed by atoms with Gasteiger partial charge in [0.1, 0.15) is 5.76 Å². The van der Waals surface area contributed by atoms with Gasteiger partial charge in [0.25, 0.3) is 0 Å². The number of nitrogens with one attached hydrogen (secondary N) is 1. The van der Waals surface area contributed by atoms with E-state index in [1.54, 1.807) is 6.26 Å². The van der Waals surface area contributed by atoms with Crippen molar-refractivity contribution in [2.24, 2.45) is 11.8 Å². The lowest BCUT2D eigenvalue weighted by Crippen LogP contribution is -2.41. The lowest BCUT2D eigenvalue weighted by molar-refractivity contribution is 0.206. The fraction of sp³-hybridized carbons (Fsp3) is 0.714. The fourth-order valence-electron chi connectivity index (χ4n) is 2.94. The first kappa shape index (κ1) is 11.7. The first-order valence-electron chi connectivity index (χ1n) is 6.55. The van der Waals surface area contributed by atoms with E-state index in [4.69, 9.17) is 4.42 Å². The maximum absolute atomic E-state index is 5.47. The third-order valence-corrected chi connectivity index (χ3v) is 3.75. The van der Waals surface area contributed by atoms with E-state index in [0.29, 0.717) is 6.04 Å². The summed E-state index contributed by atoms with van der Waals surface area (Å²) in [5.41, 5.74) is 0. The van der Waals surface area contributed by atoms with Crippen molar-refractivity contribution in [2.45, 2.75) is 45.6 Å². The van der Waals surface area contributed by atoms with Crippen LogP contribution in [-0.2, 0) is 6.42 Å². The lowest BCUT2D eigenvalue weighted by atomic mass is 9.77. The average Bonchev–Trinajstić information content (AvgIpc) is 2.75. The largest absolute Gasteiger partial charge is 0.469 e. The van der Waals surface area contributed by atoms with Crippen LogP contribution in [0.25, 0.3) is 0 Å². The van der Waals surface area contributed by atoms with E-state index in [9.17, 15) is 0 Å². The maximum atomic E-state index is 5.47. The van der Waals surface area contributed by atoms with Gasteiger partial charge in [-0.2, -0.15) is 0 Å². The summed E-state index contributed by atoms with van der Waals surface area (Å²) in [6, 6.07) is 4.78. The Hall–Kier alpha value is -0.760. The quantitative estimate of drug-likeness (QED) is 0.844. The molecular formula is C14H23NO. The van der Waals surface area contributed by atoms with E-state index >= 15 is 0 Å². The molecule has 0 aliphatic heterocycles. The molecule has 0 aromatic carbocycles. The molecule has 1 saturated carbocycles. The van der Waals surface area contributed by atoms with Gasteiger partial charge in [-0.3, -0.25) is 0 Å². The van der Waals surface area contributed by atoms with Crippen molar-refractivity contribution < 1.29 is 4.42 Å². The van der Waals surface area contributed by atoms with Gasteiger partial charge in [-0.15, -0.1) is 0 Å². The minimum Gasteiger partial charge on any atom is -0.469 e. The van der Waals surface area contributed by atoms with Crippen LogP contribution in [0, 0.1) is 11.8 Å². The number of hydrogen-bond acceptors (Lipinski definition) is 2. The minimum absolute atomic E-state index is 0.686. The van der Waals surface area contributed by atoms with Crippen molar-refractivity contribution in [1.82, 2.24) is 5.32 Å². The molecule has 1 N–H and O–H groups in total. The first-order chi connectivity index (χ1) is 7.79. The average molecular weight is 221 g/mol. The maximum Gasteiger partial charge on any atom is 0.104 e. The third-order valence-electron chi connectivity index (χ3n) is 3.75. The number of hydrogen-bond donors (Lipinski definition) is 1. The molecule has 0 radical (unpaired) electrons. The van der Waals surface area contributed by atoms with Crippen molar-refractivity contribution in [1.29, 1.82) is 0 Å². The van der Waals surface area contributed by atoms with E-state index in [1.165, 1.54) is 19.3 Å². The van der Waals surface area contributed by atoms with Gasteiger partial charge in [0.05, 0.1) is 6.26 Å². The molecule has 1 fully saturated rings. The molecule has 0 bridgehead atoms. The fourth-order valence-corrected chi connectivity index (χ4v) is 2.94. The Morgan fingerprint density at radius 3 is 3.00 bits per heavy atom. The molecule has 90 valence electrons. The number of rotatable bonds is 4. The van der Waals surface area contributed by atoms with Crippen LogP contribution < -0.4 is 5.32 Å². The van der Waals surface area contributed by atoms with E-state index in [2.05, 4.69) is 25.2 Å². The van der Waals surface area contributed by atoms with Crippen LogP contribution in [0.15, 0.2) is 22.8 Å². The van der Waals surface area contributed by atoms with Gasteiger partial charge in [0, 0.05) is 12.5 Å². The van der Waals surface area contributed by atoms with Crippen molar-refractivity contribution >= 4 is 0 Å². The molecule has 2 nitrogen and oxygen atoms in total. The molecule has 0 spiro atoms. The van der Waals surface area contributed by atoms with E-state index < -0.39 is 0 Å². The second-order valence-electron chi connectivity index (χ2n) is 5.13. The SMILES string of the molecule is CCNC1CCC(C)CC1Cc1ccco1. The molecule has 1 heterocycles. The molecule has 1 aliphatic rings. The summed E-state index contributed by atoms with van der Waals surface area (Å²) in [7, 11) is 0. The molecule has 3 unspecified atom stereocenters. The highest BCUT2D eigenvalue weighted by Crippen LogP contribution is 2.31. The van der Waals surface area contributed by atoms with Gasteiger partial charge >= 0.3 is 0 Å². The van der Waals surface area contributed by atoms with Gasteiger partial charge < -0.3 is 9.73 Å². The lowest BCUT2D eigenvalue weighted by Gasteiger charge is -2.35. The van der Waals surface area contributed by atoms with E-state index in [-0.39, 0.29) is 0 Å². The smallest absolute Gasteiger partial charge is 0.104 e. The summed E-state index contributed by atoms with van der Waals surface area (Å²) in [4.78, 5) is 0. The van der Waals surface area contributed by atoms with Crippen LogP contribution in [0.2, 0.25) is 0 Å². The van der Waals surface area contributed by atoms with Crippen molar-refractivity contribution in [2.75, 3.05) is 6.54 Å². The molecule has 16 heavy (non-hydrogen) atoms. The Kier molecular flexibility index (Phi) is 4.05. The summed E-state index contributed by atoms with van der Waals surface area (Å²) in [5, 5.41) is 3.63. The first-order valence-corrected chi connectivity index (χ1v) is 6.55. The van der Waals surface area contributed by atoms with Gasteiger partial charge in [-0.25, -0.2) is 0 Å². The van der Waals surface area contributed by atoms with Gasteiger partial charge in [-0.1, -0.05) is 13.8 Å². The Morgan fingerprint density at radius 1 is 1.44 bits per heavy atom. The van der Waals surface area contributed by atoms with Gasteiger partial charge in [0.2, 0.25) is 0 Å². The Labute approximate surface area is 98.4 Å². The van der Waals surface area contributed by atoms with Gasteiger partial charge in [-0.05, 0) is 49.8 Å². The standard InChI is InChI=1S/C14H23NO/c1-3-15-14-7-6-11(2)9-12(14)10-13-5-4-8-16-13/h4-5,8,11-12,14-15H,3,6-7,9-10H2,1-2H3. The zero-order chi connectivity index (χ0) is 11.4. The predicted molar refractivity (Wildman–Crippen MR) is 66.4 cm³/mol. The van der Waals surface area contributed by atoms with Crippen LogP contribution in [-0.4, -0.2) is 12.6 Å². The molecule has 2 rings (SSSR count). The summed E-state index contributed by atoms with van der Waals surface area (Å²) in [5.74, 6) is 2.76. The summed E-state index contributed by atoms with van der Waals surface area (Å²) in [6.07, 6.45) is 6.89. The second kappa shape index (κ2) is 5.53. The van der Waals surface area contributed by atoms with Crippen molar-refractivity contribution in [3.63, 3.8) is 0 Å². The van der Waals surface area contributed by atoms with Crippen LogP contribution in [0.1, 0.15) is 38.9 Å². The van der Waals surface area contributed by atoms with Crippen molar-refractivity contribution in [3.8, 4) is 0 Å². The molecule has 0 amide bonds. The molecule has 0 saturated heterocycles. The van der Waals surface area contributed by atoms with E-state index in [0.717, 1.165) is 30.6 Å². The van der Waals surface area contributed by atoms with E-state index in [1.807, 2.05) is 6.07 Å². The van der Waals surface area contributed by atoms with Crippen LogP contribution in [0.5, 0.6) is 0 Å².